The van der Waals surface area contributed by atoms with E-state index >= 15 is 0 Å². The maximum absolute atomic E-state index is 13.2. The summed E-state index contributed by atoms with van der Waals surface area (Å²) in [6.45, 7) is 6.18. The monoisotopic (exact) mass is 489 g/mol. The molecule has 0 spiro atoms. The zero-order valence-electron chi connectivity index (χ0n) is 19.0. The van der Waals surface area contributed by atoms with E-state index in [1.165, 1.54) is 23.5 Å². The minimum atomic E-state index is -3.88. The third-order valence-corrected chi connectivity index (χ3v) is 7.90. The van der Waals surface area contributed by atoms with E-state index in [0.29, 0.717) is 4.80 Å². The van der Waals surface area contributed by atoms with Crippen LogP contribution in [0.5, 0.6) is 0 Å². The van der Waals surface area contributed by atoms with Crippen molar-refractivity contribution in [3.8, 4) is 12.3 Å². The summed E-state index contributed by atoms with van der Waals surface area (Å²) < 4.78 is 31.1. The van der Waals surface area contributed by atoms with Crippen molar-refractivity contribution in [1.82, 2.24) is 4.57 Å². The third-order valence-electron chi connectivity index (χ3n) is 5.48. The number of terminal acetylenes is 1. The first-order valence-electron chi connectivity index (χ1n) is 10.5. The summed E-state index contributed by atoms with van der Waals surface area (Å²) in [4.78, 5) is 18.1. The summed E-state index contributed by atoms with van der Waals surface area (Å²) in [7, 11) is -3.88. The fourth-order valence-corrected chi connectivity index (χ4v) is 5.67. The van der Waals surface area contributed by atoms with Gasteiger partial charge in [-0.15, -0.1) is 6.42 Å². The van der Waals surface area contributed by atoms with E-state index in [1.807, 2.05) is 31.4 Å². The average molecular weight is 490 g/mol. The van der Waals surface area contributed by atoms with E-state index in [0.717, 1.165) is 26.9 Å². The molecule has 1 N–H and O–H groups in total. The van der Waals surface area contributed by atoms with Gasteiger partial charge in [0.2, 0.25) is 0 Å². The SMILES string of the molecule is C#CCn1c(=NC(=O)c2ccccc2NS(=O)(=O)c2ccc(C)cc2)sc2cc(C)c(C)cc21. The standard InChI is InChI=1S/C26H23N3O3S2/c1-5-14-29-23-15-18(3)19(4)16-24(23)33-26(29)27-25(30)21-8-6-7-9-22(21)28-34(31,32)20-12-10-17(2)11-13-20/h1,6-13,15-16,28H,14H2,2-4H3. The molecule has 0 saturated heterocycles. The molecule has 0 fully saturated rings. The third kappa shape index (κ3) is 4.67. The Labute approximate surface area is 202 Å². The molecule has 8 heteroatoms. The van der Waals surface area contributed by atoms with E-state index in [9.17, 15) is 13.2 Å². The van der Waals surface area contributed by atoms with E-state index in [-0.39, 0.29) is 22.7 Å². The number of aromatic nitrogens is 1. The number of sulfonamides is 1. The largest absolute Gasteiger partial charge is 0.305 e. The van der Waals surface area contributed by atoms with Crippen molar-refractivity contribution in [3.05, 3.63) is 87.7 Å². The second kappa shape index (κ2) is 9.29. The summed E-state index contributed by atoms with van der Waals surface area (Å²) in [6.07, 6.45) is 5.58. The Morgan fingerprint density at radius 3 is 2.44 bits per heavy atom. The molecule has 0 radical (unpaired) electrons. The number of para-hydroxylation sites is 1. The Hall–Kier alpha value is -3.67. The van der Waals surface area contributed by atoms with Crippen LogP contribution in [0.25, 0.3) is 10.2 Å². The van der Waals surface area contributed by atoms with Gasteiger partial charge in [-0.25, -0.2) is 8.42 Å². The molecule has 34 heavy (non-hydrogen) atoms. The molecule has 0 aliphatic carbocycles. The molecule has 0 unspecified atom stereocenters. The van der Waals surface area contributed by atoms with Crippen LogP contribution in [0.1, 0.15) is 27.0 Å². The number of carbonyl (C=O) groups excluding carboxylic acids is 1. The number of benzene rings is 3. The van der Waals surface area contributed by atoms with E-state index in [1.54, 1.807) is 36.4 Å². The molecule has 4 rings (SSSR count). The molecule has 1 aromatic heterocycles. The molecule has 3 aromatic carbocycles. The second-order valence-electron chi connectivity index (χ2n) is 7.96. The number of fused-ring (bicyclic) bond motifs is 1. The van der Waals surface area contributed by atoms with Crippen molar-refractivity contribution >= 4 is 43.2 Å². The molecule has 4 aromatic rings. The number of hydrogen-bond acceptors (Lipinski definition) is 4. The predicted octanol–water partition coefficient (Wildman–Crippen LogP) is 4.80. The highest BCUT2D eigenvalue weighted by Crippen LogP contribution is 2.24. The first kappa shape index (κ1) is 23.5. The highest BCUT2D eigenvalue weighted by Gasteiger charge is 2.19. The Morgan fingerprint density at radius 2 is 1.74 bits per heavy atom. The highest BCUT2D eigenvalue weighted by molar-refractivity contribution is 7.92. The average Bonchev–Trinajstić information content (AvgIpc) is 3.10. The van der Waals surface area contributed by atoms with Gasteiger partial charge >= 0.3 is 0 Å². The van der Waals surface area contributed by atoms with Gasteiger partial charge in [0.25, 0.3) is 15.9 Å². The van der Waals surface area contributed by atoms with Gasteiger partial charge in [0.1, 0.15) is 0 Å². The van der Waals surface area contributed by atoms with Crippen molar-refractivity contribution in [3.63, 3.8) is 0 Å². The van der Waals surface area contributed by atoms with Crippen LogP contribution in [0.2, 0.25) is 0 Å². The minimum absolute atomic E-state index is 0.111. The smallest absolute Gasteiger partial charge is 0.281 e. The Morgan fingerprint density at radius 1 is 1.06 bits per heavy atom. The van der Waals surface area contributed by atoms with Crippen LogP contribution >= 0.6 is 11.3 Å². The summed E-state index contributed by atoms with van der Waals surface area (Å²) >= 11 is 1.37. The second-order valence-corrected chi connectivity index (χ2v) is 10.7. The van der Waals surface area contributed by atoms with Crippen LogP contribution < -0.4 is 9.52 Å². The molecule has 0 atom stereocenters. The lowest BCUT2D eigenvalue weighted by Crippen LogP contribution is -2.18. The van der Waals surface area contributed by atoms with Gasteiger partial charge in [0.15, 0.2) is 4.80 Å². The molecule has 1 amide bonds. The van der Waals surface area contributed by atoms with Gasteiger partial charge in [-0.1, -0.05) is 47.1 Å². The lowest BCUT2D eigenvalue weighted by atomic mass is 10.1. The van der Waals surface area contributed by atoms with E-state index in [2.05, 4.69) is 21.7 Å². The maximum Gasteiger partial charge on any atom is 0.281 e. The molecule has 0 aliphatic heterocycles. The fourth-order valence-electron chi connectivity index (χ4n) is 3.48. The number of thiazole rings is 1. The molecular formula is C26H23N3O3S2. The zero-order valence-corrected chi connectivity index (χ0v) is 20.6. The fraction of sp³-hybridized carbons (Fsp3) is 0.154. The Kier molecular flexibility index (Phi) is 6.42. The molecule has 172 valence electrons. The predicted molar refractivity (Wildman–Crippen MR) is 136 cm³/mol. The number of nitrogens with zero attached hydrogens (tertiary/aromatic N) is 2. The van der Waals surface area contributed by atoms with Crippen LogP contribution in [0, 0.1) is 33.1 Å². The summed E-state index contributed by atoms with van der Waals surface area (Å²) in [5.41, 5.74) is 4.41. The number of nitrogens with one attached hydrogen (secondary N) is 1. The quantitative estimate of drug-likeness (QED) is 0.409. The topological polar surface area (TPSA) is 80.5 Å². The number of carbonyl (C=O) groups is 1. The Bertz CT molecular complexity index is 1620. The highest BCUT2D eigenvalue weighted by atomic mass is 32.2. The van der Waals surface area contributed by atoms with Crippen molar-refractivity contribution in [1.29, 1.82) is 0 Å². The number of amides is 1. The van der Waals surface area contributed by atoms with Crippen LogP contribution in [0.15, 0.2) is 70.6 Å². The molecule has 1 heterocycles. The van der Waals surface area contributed by atoms with Crippen LogP contribution in [0.4, 0.5) is 5.69 Å². The number of anilines is 1. The van der Waals surface area contributed by atoms with Gasteiger partial charge in [-0.3, -0.25) is 9.52 Å². The lowest BCUT2D eigenvalue weighted by molar-refractivity contribution is 0.0998. The van der Waals surface area contributed by atoms with Gasteiger partial charge in [-0.2, -0.15) is 4.99 Å². The summed E-state index contributed by atoms with van der Waals surface area (Å²) in [6, 6.07) is 17.0. The molecule has 0 saturated carbocycles. The molecule has 0 aliphatic rings. The Balaban J connectivity index is 1.77. The van der Waals surface area contributed by atoms with Crippen molar-refractivity contribution in [2.24, 2.45) is 4.99 Å². The van der Waals surface area contributed by atoms with E-state index < -0.39 is 15.9 Å². The first-order valence-corrected chi connectivity index (χ1v) is 12.8. The van der Waals surface area contributed by atoms with Crippen molar-refractivity contribution < 1.29 is 13.2 Å². The lowest BCUT2D eigenvalue weighted by Gasteiger charge is -2.11. The molecule has 6 nitrogen and oxygen atoms in total. The molecule has 0 bridgehead atoms. The van der Waals surface area contributed by atoms with Crippen molar-refractivity contribution in [2.45, 2.75) is 32.2 Å². The van der Waals surface area contributed by atoms with E-state index in [4.69, 9.17) is 6.42 Å². The summed E-state index contributed by atoms with van der Waals surface area (Å²) in [5, 5.41) is 0. The zero-order chi connectivity index (χ0) is 24.5. The minimum Gasteiger partial charge on any atom is -0.305 e. The number of rotatable bonds is 5. The normalized spacial score (nSPS) is 12.0. The van der Waals surface area contributed by atoms with Gasteiger partial charge in [0, 0.05) is 0 Å². The maximum atomic E-state index is 13.2. The number of aryl methyl sites for hydroxylation is 3. The van der Waals surface area contributed by atoms with Crippen LogP contribution in [-0.2, 0) is 16.6 Å². The van der Waals surface area contributed by atoms with Crippen LogP contribution in [-0.4, -0.2) is 18.9 Å². The van der Waals surface area contributed by atoms with Crippen LogP contribution in [0.3, 0.4) is 0 Å². The first-order chi connectivity index (χ1) is 16.2. The van der Waals surface area contributed by atoms with Gasteiger partial charge in [0.05, 0.1) is 32.9 Å². The number of hydrogen-bond donors (Lipinski definition) is 1. The van der Waals surface area contributed by atoms with Gasteiger partial charge in [-0.05, 0) is 68.3 Å². The van der Waals surface area contributed by atoms with Gasteiger partial charge < -0.3 is 4.57 Å². The summed E-state index contributed by atoms with van der Waals surface area (Å²) in [5.74, 6) is 2.06. The molecular weight excluding hydrogens is 466 g/mol. The van der Waals surface area contributed by atoms with Crippen molar-refractivity contribution in [2.75, 3.05) is 4.72 Å².